The van der Waals surface area contributed by atoms with Crippen LogP contribution in [0.1, 0.15) is 245 Å². The second-order valence-electron chi connectivity index (χ2n) is 14.5. The Hall–Kier alpha value is -1.05. The molecule has 0 radical (unpaired) electrons. The van der Waals surface area contributed by atoms with Crippen molar-refractivity contribution in [1.82, 2.24) is 5.32 Å². The van der Waals surface area contributed by atoms with E-state index in [0.717, 1.165) is 25.8 Å². The maximum Gasteiger partial charge on any atom is 0.219 e. The van der Waals surface area contributed by atoms with Crippen molar-refractivity contribution in [2.24, 2.45) is 0 Å². The number of hydrogen-bond acceptors (Lipinski definition) is 1. The molecule has 0 heterocycles. The van der Waals surface area contributed by atoms with Gasteiger partial charge in [0.25, 0.3) is 0 Å². The monoisotopic (exact) mass is 644 g/mol. The molecule has 2 nitrogen and oxygen atoms in total. The molecule has 1 amide bonds. The number of allylic oxidation sites excluding steroid dienone is 4. The van der Waals surface area contributed by atoms with Crippen LogP contribution in [-0.4, -0.2) is 12.5 Å². The standard InChI is InChI=1S/C44H85NO/c1-3-5-7-9-11-13-15-17-19-21-23-25-27-29-31-33-35-37-39-41-43-45-44(46)42-40-38-36-34-32-30-28-26-24-22-20-18-16-14-12-10-8-6-4-2/h17-20H,3-16,21-43H2,1-2H3,(H,45,46)/b19-17+,20-18+. The molecule has 0 unspecified atom stereocenters. The summed E-state index contributed by atoms with van der Waals surface area (Å²) in [6.45, 7) is 5.45. The van der Waals surface area contributed by atoms with Gasteiger partial charge >= 0.3 is 0 Å². The molecule has 0 fully saturated rings. The van der Waals surface area contributed by atoms with E-state index in [-0.39, 0.29) is 5.91 Å². The van der Waals surface area contributed by atoms with Crippen LogP contribution in [0.3, 0.4) is 0 Å². The summed E-state index contributed by atoms with van der Waals surface area (Å²) in [6, 6.07) is 0. The van der Waals surface area contributed by atoms with Gasteiger partial charge in [-0.2, -0.15) is 0 Å². The van der Waals surface area contributed by atoms with Gasteiger partial charge in [-0.05, 0) is 64.2 Å². The Bertz CT molecular complexity index is 623. The lowest BCUT2D eigenvalue weighted by Crippen LogP contribution is -2.23. The van der Waals surface area contributed by atoms with Gasteiger partial charge in [0, 0.05) is 13.0 Å². The van der Waals surface area contributed by atoms with Crippen LogP contribution in [0.5, 0.6) is 0 Å². The number of hydrogen-bond donors (Lipinski definition) is 1. The van der Waals surface area contributed by atoms with Crippen molar-refractivity contribution in [3.8, 4) is 0 Å². The molecule has 0 aromatic carbocycles. The molecular formula is C44H85NO. The van der Waals surface area contributed by atoms with Gasteiger partial charge in [-0.25, -0.2) is 0 Å². The highest BCUT2D eigenvalue weighted by atomic mass is 16.1. The summed E-state index contributed by atoms with van der Waals surface area (Å²) in [6.07, 6.45) is 57.7. The second kappa shape index (κ2) is 42.0. The van der Waals surface area contributed by atoms with Crippen LogP contribution in [0.25, 0.3) is 0 Å². The third kappa shape index (κ3) is 41.0. The number of carbonyl (C=O) groups excluding carboxylic acids is 1. The topological polar surface area (TPSA) is 29.1 Å². The van der Waals surface area contributed by atoms with Crippen molar-refractivity contribution in [3.63, 3.8) is 0 Å². The molecule has 0 spiro atoms. The highest BCUT2D eigenvalue weighted by molar-refractivity contribution is 5.75. The first-order valence-electron chi connectivity index (χ1n) is 21.4. The van der Waals surface area contributed by atoms with Crippen LogP contribution in [0.2, 0.25) is 0 Å². The molecule has 0 aliphatic rings. The first kappa shape index (κ1) is 45.0. The largest absolute Gasteiger partial charge is 0.356 e. The van der Waals surface area contributed by atoms with E-state index in [1.54, 1.807) is 0 Å². The Labute approximate surface area is 291 Å². The Balaban J connectivity index is 3.20. The van der Waals surface area contributed by atoms with E-state index < -0.39 is 0 Å². The molecular weight excluding hydrogens is 558 g/mol. The van der Waals surface area contributed by atoms with E-state index in [2.05, 4.69) is 43.5 Å². The van der Waals surface area contributed by atoms with Crippen LogP contribution < -0.4 is 5.32 Å². The minimum atomic E-state index is 0.273. The molecule has 2 heteroatoms. The molecule has 0 atom stereocenters. The zero-order chi connectivity index (χ0) is 33.3. The smallest absolute Gasteiger partial charge is 0.219 e. The summed E-state index contributed by atoms with van der Waals surface area (Å²) < 4.78 is 0. The molecule has 0 saturated carbocycles. The van der Waals surface area contributed by atoms with Gasteiger partial charge in [-0.3, -0.25) is 4.79 Å². The van der Waals surface area contributed by atoms with E-state index in [1.807, 2.05) is 0 Å². The normalized spacial score (nSPS) is 11.8. The van der Waals surface area contributed by atoms with Gasteiger partial charge in [-0.15, -0.1) is 0 Å². The molecule has 0 aliphatic carbocycles. The fourth-order valence-corrected chi connectivity index (χ4v) is 6.46. The van der Waals surface area contributed by atoms with Crippen molar-refractivity contribution in [3.05, 3.63) is 24.3 Å². The predicted molar refractivity (Wildman–Crippen MR) is 209 cm³/mol. The van der Waals surface area contributed by atoms with E-state index in [0.29, 0.717) is 0 Å². The van der Waals surface area contributed by atoms with Crippen molar-refractivity contribution in [2.75, 3.05) is 6.54 Å². The predicted octanol–water partition coefficient (Wildman–Crippen LogP) is 15.3. The minimum absolute atomic E-state index is 0.273. The quantitative estimate of drug-likeness (QED) is 0.0524. The number of rotatable bonds is 39. The lowest BCUT2D eigenvalue weighted by atomic mass is 10.0. The van der Waals surface area contributed by atoms with Crippen LogP contribution >= 0.6 is 0 Å². The van der Waals surface area contributed by atoms with Crippen molar-refractivity contribution >= 4 is 5.91 Å². The highest BCUT2D eigenvalue weighted by Crippen LogP contribution is 2.14. The van der Waals surface area contributed by atoms with Gasteiger partial charge in [0.05, 0.1) is 0 Å². The first-order chi connectivity index (χ1) is 22.8. The summed E-state index contributed by atoms with van der Waals surface area (Å²) in [5.41, 5.74) is 0. The third-order valence-corrected chi connectivity index (χ3v) is 9.68. The zero-order valence-corrected chi connectivity index (χ0v) is 31.9. The fraction of sp³-hybridized carbons (Fsp3) is 0.886. The summed E-state index contributed by atoms with van der Waals surface area (Å²) in [5, 5.41) is 3.15. The summed E-state index contributed by atoms with van der Waals surface area (Å²) in [7, 11) is 0. The molecule has 0 aromatic heterocycles. The summed E-state index contributed by atoms with van der Waals surface area (Å²) in [4.78, 5) is 12.1. The average Bonchev–Trinajstić information content (AvgIpc) is 3.06. The number of carbonyl (C=O) groups is 1. The molecule has 272 valence electrons. The van der Waals surface area contributed by atoms with Crippen molar-refractivity contribution in [1.29, 1.82) is 0 Å². The zero-order valence-electron chi connectivity index (χ0n) is 31.9. The third-order valence-electron chi connectivity index (χ3n) is 9.68. The molecule has 0 saturated heterocycles. The van der Waals surface area contributed by atoms with Gasteiger partial charge in [0.2, 0.25) is 5.91 Å². The lowest BCUT2D eigenvalue weighted by Gasteiger charge is -2.06. The van der Waals surface area contributed by atoms with E-state index >= 15 is 0 Å². The van der Waals surface area contributed by atoms with Crippen LogP contribution in [0.15, 0.2) is 24.3 Å². The Morgan fingerprint density at radius 3 is 0.935 bits per heavy atom. The number of amides is 1. The number of nitrogens with one attached hydrogen (secondary N) is 1. The van der Waals surface area contributed by atoms with E-state index in [4.69, 9.17) is 0 Å². The van der Waals surface area contributed by atoms with Crippen molar-refractivity contribution < 1.29 is 4.79 Å². The molecule has 0 bridgehead atoms. The van der Waals surface area contributed by atoms with Crippen LogP contribution in [0, 0.1) is 0 Å². The second-order valence-corrected chi connectivity index (χ2v) is 14.5. The highest BCUT2D eigenvalue weighted by Gasteiger charge is 2.01. The van der Waals surface area contributed by atoms with Gasteiger partial charge < -0.3 is 5.32 Å². The van der Waals surface area contributed by atoms with Gasteiger partial charge in [-0.1, -0.05) is 199 Å². The SMILES string of the molecule is CCCCCCCC/C=C/CCCCCCCCCCCCNC(=O)CCCCCCCCCCC/C=C/CCCCCCCC. The average molecular weight is 644 g/mol. The molecule has 1 N–H and O–H groups in total. The Morgan fingerprint density at radius 1 is 0.348 bits per heavy atom. The van der Waals surface area contributed by atoms with Crippen molar-refractivity contribution in [2.45, 2.75) is 245 Å². The van der Waals surface area contributed by atoms with E-state index in [1.165, 1.54) is 212 Å². The van der Waals surface area contributed by atoms with Crippen LogP contribution in [-0.2, 0) is 4.79 Å². The molecule has 0 rings (SSSR count). The van der Waals surface area contributed by atoms with Gasteiger partial charge in [0.1, 0.15) is 0 Å². The molecule has 46 heavy (non-hydrogen) atoms. The summed E-state index contributed by atoms with van der Waals surface area (Å²) in [5.74, 6) is 0.273. The number of unbranched alkanes of at least 4 members (excludes halogenated alkanes) is 31. The molecule has 0 aromatic rings. The van der Waals surface area contributed by atoms with E-state index in [9.17, 15) is 4.79 Å². The Kier molecular flexibility index (Phi) is 41.0. The van der Waals surface area contributed by atoms with Crippen LogP contribution in [0.4, 0.5) is 0 Å². The lowest BCUT2D eigenvalue weighted by molar-refractivity contribution is -0.121. The first-order valence-corrected chi connectivity index (χ1v) is 21.4. The fourth-order valence-electron chi connectivity index (χ4n) is 6.46. The maximum atomic E-state index is 12.1. The summed E-state index contributed by atoms with van der Waals surface area (Å²) >= 11 is 0. The van der Waals surface area contributed by atoms with Gasteiger partial charge in [0.15, 0.2) is 0 Å². The Morgan fingerprint density at radius 2 is 0.609 bits per heavy atom. The minimum Gasteiger partial charge on any atom is -0.356 e. The molecule has 0 aliphatic heterocycles. The maximum absolute atomic E-state index is 12.1.